The van der Waals surface area contributed by atoms with E-state index in [2.05, 4.69) is 17.3 Å². The van der Waals surface area contributed by atoms with Gasteiger partial charge in [0.05, 0.1) is 12.7 Å². The highest BCUT2D eigenvalue weighted by Crippen LogP contribution is 2.20. The lowest BCUT2D eigenvalue weighted by Crippen LogP contribution is -2.43. The van der Waals surface area contributed by atoms with E-state index in [0.717, 1.165) is 25.9 Å². The molecule has 0 bridgehead atoms. The average molecular weight is 263 g/mol. The second kappa shape index (κ2) is 5.93. The summed E-state index contributed by atoms with van der Waals surface area (Å²) in [6.45, 7) is 2.03. The third kappa shape index (κ3) is 3.38. The molecule has 104 valence electrons. The molecule has 1 amide bonds. The second-order valence-corrected chi connectivity index (χ2v) is 5.00. The Hall–Kier alpha value is -1.75. The second-order valence-electron chi connectivity index (χ2n) is 5.00. The summed E-state index contributed by atoms with van der Waals surface area (Å²) in [5, 5.41) is 3.05. The van der Waals surface area contributed by atoms with Crippen LogP contribution in [0.15, 0.2) is 18.2 Å². The third-order valence-electron chi connectivity index (χ3n) is 3.56. The van der Waals surface area contributed by atoms with Gasteiger partial charge in [-0.05, 0) is 45.1 Å². The Morgan fingerprint density at radius 1 is 1.42 bits per heavy atom. The number of likely N-dealkylation sites (tertiary alicyclic amines) is 1. The SMILES string of the molecule is COc1ccc(C(=O)NC2CCN(C)CC2)c(N)c1. The largest absolute Gasteiger partial charge is 0.497 e. The smallest absolute Gasteiger partial charge is 0.253 e. The number of ether oxygens (including phenoxy) is 1. The van der Waals surface area contributed by atoms with Crippen molar-refractivity contribution >= 4 is 11.6 Å². The zero-order chi connectivity index (χ0) is 13.8. The molecule has 0 radical (unpaired) electrons. The molecule has 0 spiro atoms. The summed E-state index contributed by atoms with van der Waals surface area (Å²) in [6, 6.07) is 5.37. The zero-order valence-corrected chi connectivity index (χ0v) is 11.5. The molecule has 1 heterocycles. The molecule has 0 atom stereocenters. The maximum atomic E-state index is 12.2. The van der Waals surface area contributed by atoms with Gasteiger partial charge in [0.1, 0.15) is 5.75 Å². The molecule has 1 aromatic rings. The van der Waals surface area contributed by atoms with Crippen LogP contribution in [0.1, 0.15) is 23.2 Å². The van der Waals surface area contributed by atoms with E-state index in [1.165, 1.54) is 0 Å². The van der Waals surface area contributed by atoms with Gasteiger partial charge in [0.15, 0.2) is 0 Å². The number of carbonyl (C=O) groups excluding carboxylic acids is 1. The zero-order valence-electron chi connectivity index (χ0n) is 11.5. The van der Waals surface area contributed by atoms with Crippen LogP contribution in [-0.4, -0.2) is 44.1 Å². The van der Waals surface area contributed by atoms with Gasteiger partial charge >= 0.3 is 0 Å². The Labute approximate surface area is 113 Å². The summed E-state index contributed by atoms with van der Waals surface area (Å²) in [4.78, 5) is 14.4. The molecule has 5 nitrogen and oxygen atoms in total. The Bertz CT molecular complexity index is 454. The van der Waals surface area contributed by atoms with Gasteiger partial charge in [-0.1, -0.05) is 0 Å². The van der Waals surface area contributed by atoms with Crippen LogP contribution in [0.5, 0.6) is 5.75 Å². The number of rotatable bonds is 3. The number of hydrogen-bond donors (Lipinski definition) is 2. The predicted molar refractivity (Wildman–Crippen MR) is 75.4 cm³/mol. The molecule has 3 N–H and O–H groups in total. The van der Waals surface area contributed by atoms with E-state index >= 15 is 0 Å². The Kier molecular flexibility index (Phi) is 4.27. The van der Waals surface area contributed by atoms with Crippen LogP contribution in [0.3, 0.4) is 0 Å². The number of nitrogen functional groups attached to an aromatic ring is 1. The van der Waals surface area contributed by atoms with Crippen LogP contribution in [0, 0.1) is 0 Å². The number of piperidine rings is 1. The van der Waals surface area contributed by atoms with Crippen molar-refractivity contribution in [2.45, 2.75) is 18.9 Å². The van der Waals surface area contributed by atoms with Crippen LogP contribution in [0.4, 0.5) is 5.69 Å². The molecule has 5 heteroatoms. The van der Waals surface area contributed by atoms with Crippen molar-refractivity contribution < 1.29 is 9.53 Å². The van der Waals surface area contributed by atoms with E-state index in [4.69, 9.17) is 10.5 Å². The molecule has 0 aromatic heterocycles. The van der Waals surface area contributed by atoms with E-state index in [9.17, 15) is 4.79 Å². The number of amides is 1. The van der Waals surface area contributed by atoms with E-state index in [1.54, 1.807) is 25.3 Å². The molecule has 0 saturated carbocycles. The highest BCUT2D eigenvalue weighted by Gasteiger charge is 2.20. The number of methoxy groups -OCH3 is 1. The van der Waals surface area contributed by atoms with Crippen molar-refractivity contribution in [2.75, 3.05) is 33.0 Å². The van der Waals surface area contributed by atoms with Gasteiger partial charge in [-0.3, -0.25) is 4.79 Å². The first-order valence-corrected chi connectivity index (χ1v) is 6.53. The van der Waals surface area contributed by atoms with Gasteiger partial charge in [-0.25, -0.2) is 0 Å². The number of nitrogens with two attached hydrogens (primary N) is 1. The molecule has 0 aliphatic carbocycles. The number of nitrogens with zero attached hydrogens (tertiary/aromatic N) is 1. The van der Waals surface area contributed by atoms with Gasteiger partial charge < -0.3 is 20.7 Å². The van der Waals surface area contributed by atoms with Crippen molar-refractivity contribution in [3.8, 4) is 5.75 Å². The minimum Gasteiger partial charge on any atom is -0.497 e. The van der Waals surface area contributed by atoms with Gasteiger partial charge in [-0.2, -0.15) is 0 Å². The third-order valence-corrected chi connectivity index (χ3v) is 3.56. The summed E-state index contributed by atoms with van der Waals surface area (Å²) in [7, 11) is 3.67. The molecular weight excluding hydrogens is 242 g/mol. The van der Waals surface area contributed by atoms with Crippen molar-refractivity contribution in [2.24, 2.45) is 0 Å². The van der Waals surface area contributed by atoms with Crippen LogP contribution in [0.2, 0.25) is 0 Å². The lowest BCUT2D eigenvalue weighted by molar-refractivity contribution is 0.0918. The number of hydrogen-bond acceptors (Lipinski definition) is 4. The molecule has 1 aromatic carbocycles. The monoisotopic (exact) mass is 263 g/mol. The quantitative estimate of drug-likeness (QED) is 0.801. The lowest BCUT2D eigenvalue weighted by atomic mass is 10.0. The van der Waals surface area contributed by atoms with Gasteiger partial charge in [0.2, 0.25) is 0 Å². The molecule has 1 fully saturated rings. The molecular formula is C14H21N3O2. The standard InChI is InChI=1S/C14H21N3O2/c1-17-7-5-10(6-8-17)16-14(18)12-4-3-11(19-2)9-13(12)15/h3-4,9-10H,5-8,15H2,1-2H3,(H,16,18). The summed E-state index contributed by atoms with van der Waals surface area (Å²) in [5.74, 6) is 0.558. The first-order valence-electron chi connectivity index (χ1n) is 6.53. The van der Waals surface area contributed by atoms with Crippen molar-refractivity contribution in [1.82, 2.24) is 10.2 Å². The summed E-state index contributed by atoms with van der Waals surface area (Å²) >= 11 is 0. The molecule has 1 aliphatic heterocycles. The summed E-state index contributed by atoms with van der Waals surface area (Å²) < 4.78 is 5.07. The molecule has 2 rings (SSSR count). The maximum absolute atomic E-state index is 12.2. The summed E-state index contributed by atoms with van der Waals surface area (Å²) in [5.41, 5.74) is 6.84. The van der Waals surface area contributed by atoms with Crippen molar-refractivity contribution in [3.05, 3.63) is 23.8 Å². The van der Waals surface area contributed by atoms with Gasteiger partial charge in [0.25, 0.3) is 5.91 Å². The maximum Gasteiger partial charge on any atom is 0.253 e. The van der Waals surface area contributed by atoms with Gasteiger partial charge in [0, 0.05) is 17.8 Å². The fraction of sp³-hybridized carbons (Fsp3) is 0.500. The number of nitrogens with one attached hydrogen (secondary N) is 1. The minimum absolute atomic E-state index is 0.102. The summed E-state index contributed by atoms with van der Waals surface area (Å²) in [6.07, 6.45) is 1.97. The Morgan fingerprint density at radius 2 is 2.11 bits per heavy atom. The fourth-order valence-corrected chi connectivity index (χ4v) is 2.29. The normalized spacial score (nSPS) is 17.2. The molecule has 1 saturated heterocycles. The van der Waals surface area contributed by atoms with Crippen LogP contribution < -0.4 is 15.8 Å². The number of anilines is 1. The van der Waals surface area contributed by atoms with Crippen molar-refractivity contribution in [3.63, 3.8) is 0 Å². The van der Waals surface area contributed by atoms with E-state index in [1.807, 2.05) is 0 Å². The molecule has 1 aliphatic rings. The highest BCUT2D eigenvalue weighted by molar-refractivity contribution is 5.99. The first-order chi connectivity index (χ1) is 9.10. The highest BCUT2D eigenvalue weighted by atomic mass is 16.5. The minimum atomic E-state index is -0.102. The lowest BCUT2D eigenvalue weighted by Gasteiger charge is -2.29. The molecule has 0 unspecified atom stereocenters. The fourth-order valence-electron chi connectivity index (χ4n) is 2.29. The molecule has 19 heavy (non-hydrogen) atoms. The number of carbonyl (C=O) groups is 1. The Morgan fingerprint density at radius 3 is 2.68 bits per heavy atom. The van der Waals surface area contributed by atoms with Crippen LogP contribution in [0.25, 0.3) is 0 Å². The average Bonchev–Trinajstić information content (AvgIpc) is 2.41. The van der Waals surface area contributed by atoms with E-state index < -0.39 is 0 Å². The van der Waals surface area contributed by atoms with Gasteiger partial charge in [-0.15, -0.1) is 0 Å². The van der Waals surface area contributed by atoms with Crippen molar-refractivity contribution in [1.29, 1.82) is 0 Å². The Balaban J connectivity index is 2.00. The topological polar surface area (TPSA) is 67.6 Å². The van der Waals surface area contributed by atoms with Crippen LogP contribution in [-0.2, 0) is 0 Å². The van der Waals surface area contributed by atoms with E-state index in [-0.39, 0.29) is 11.9 Å². The number of benzene rings is 1. The van der Waals surface area contributed by atoms with Crippen LogP contribution >= 0.6 is 0 Å². The predicted octanol–water partition coefficient (Wildman–Crippen LogP) is 1.10. The van der Waals surface area contributed by atoms with E-state index in [0.29, 0.717) is 17.0 Å². The first kappa shape index (κ1) is 13.7.